The number of hydrogen-bond donors (Lipinski definition) is 2. The summed E-state index contributed by atoms with van der Waals surface area (Å²) >= 11 is 0. The van der Waals surface area contributed by atoms with Crippen LogP contribution in [0.2, 0.25) is 0 Å². The molecule has 0 bridgehead atoms. The molecule has 0 unspecified atom stereocenters. The van der Waals surface area contributed by atoms with Crippen LogP contribution in [0.3, 0.4) is 0 Å². The molecule has 0 aliphatic carbocycles. The Morgan fingerprint density at radius 3 is 2.50 bits per heavy atom. The first kappa shape index (κ1) is 14.6. The maximum atomic E-state index is 12.2. The molecule has 1 fully saturated rings. The van der Waals surface area contributed by atoms with Crippen molar-refractivity contribution in [2.75, 3.05) is 23.3 Å². The SMILES string of the molecule is Cc1n[nH]c(C)c1CC(=O)Nc1ccc(N2CCCC2)cc1. The first-order valence-electron chi connectivity index (χ1n) is 7.79. The molecular formula is C17H22N4O. The van der Waals surface area contributed by atoms with Gasteiger partial charge in [-0.1, -0.05) is 0 Å². The van der Waals surface area contributed by atoms with Crippen LogP contribution in [0.1, 0.15) is 29.8 Å². The van der Waals surface area contributed by atoms with E-state index < -0.39 is 0 Å². The second-order valence-corrected chi connectivity index (χ2v) is 5.88. The molecule has 116 valence electrons. The van der Waals surface area contributed by atoms with Gasteiger partial charge in [0.25, 0.3) is 0 Å². The molecule has 5 nitrogen and oxygen atoms in total. The van der Waals surface area contributed by atoms with Crippen LogP contribution in [-0.4, -0.2) is 29.2 Å². The zero-order valence-corrected chi connectivity index (χ0v) is 13.1. The molecule has 1 aliphatic rings. The molecule has 1 aromatic carbocycles. The summed E-state index contributed by atoms with van der Waals surface area (Å²) < 4.78 is 0. The summed E-state index contributed by atoms with van der Waals surface area (Å²) in [6.07, 6.45) is 2.88. The average molecular weight is 298 g/mol. The molecule has 0 spiro atoms. The van der Waals surface area contributed by atoms with E-state index in [9.17, 15) is 4.79 Å². The average Bonchev–Trinajstić information content (AvgIpc) is 3.14. The van der Waals surface area contributed by atoms with Crippen molar-refractivity contribution < 1.29 is 4.79 Å². The lowest BCUT2D eigenvalue weighted by atomic mass is 10.1. The highest BCUT2D eigenvalue weighted by Gasteiger charge is 2.13. The molecule has 2 N–H and O–H groups in total. The summed E-state index contributed by atoms with van der Waals surface area (Å²) in [7, 11) is 0. The van der Waals surface area contributed by atoms with Crippen molar-refractivity contribution in [2.24, 2.45) is 0 Å². The maximum Gasteiger partial charge on any atom is 0.228 e. The number of aryl methyl sites for hydroxylation is 2. The van der Waals surface area contributed by atoms with Crippen LogP contribution in [0.4, 0.5) is 11.4 Å². The number of amides is 1. The monoisotopic (exact) mass is 298 g/mol. The van der Waals surface area contributed by atoms with Crippen molar-refractivity contribution >= 4 is 17.3 Å². The number of nitrogens with one attached hydrogen (secondary N) is 2. The number of benzene rings is 1. The summed E-state index contributed by atoms with van der Waals surface area (Å²) in [4.78, 5) is 14.5. The van der Waals surface area contributed by atoms with Crippen LogP contribution in [0.5, 0.6) is 0 Å². The number of H-pyrrole nitrogens is 1. The van der Waals surface area contributed by atoms with Gasteiger partial charge in [0.15, 0.2) is 0 Å². The highest BCUT2D eigenvalue weighted by molar-refractivity contribution is 5.92. The van der Waals surface area contributed by atoms with Crippen molar-refractivity contribution in [1.82, 2.24) is 10.2 Å². The summed E-state index contributed by atoms with van der Waals surface area (Å²) in [5.74, 6) is -0.0125. The minimum absolute atomic E-state index is 0.0125. The number of aromatic amines is 1. The van der Waals surface area contributed by atoms with Gasteiger partial charge in [-0.15, -0.1) is 0 Å². The summed E-state index contributed by atoms with van der Waals surface area (Å²) in [5, 5.41) is 9.98. The number of aromatic nitrogens is 2. The second-order valence-electron chi connectivity index (χ2n) is 5.88. The number of anilines is 2. The molecule has 5 heteroatoms. The van der Waals surface area contributed by atoms with Crippen LogP contribution in [0.15, 0.2) is 24.3 Å². The minimum Gasteiger partial charge on any atom is -0.372 e. The fraction of sp³-hybridized carbons (Fsp3) is 0.412. The Labute approximate surface area is 130 Å². The Morgan fingerprint density at radius 2 is 1.91 bits per heavy atom. The minimum atomic E-state index is -0.0125. The molecule has 0 radical (unpaired) electrons. The van der Waals surface area contributed by atoms with E-state index >= 15 is 0 Å². The Balaban J connectivity index is 1.61. The van der Waals surface area contributed by atoms with Crippen molar-refractivity contribution in [2.45, 2.75) is 33.1 Å². The standard InChI is InChI=1S/C17H22N4O/c1-12-16(13(2)20-19-12)11-17(22)18-14-5-7-15(8-6-14)21-9-3-4-10-21/h5-8H,3-4,9-11H2,1-2H3,(H,18,22)(H,19,20). The van der Waals surface area contributed by atoms with E-state index in [-0.39, 0.29) is 5.91 Å². The van der Waals surface area contributed by atoms with E-state index in [1.807, 2.05) is 26.0 Å². The van der Waals surface area contributed by atoms with Gasteiger partial charge in [0.05, 0.1) is 12.1 Å². The summed E-state index contributed by atoms with van der Waals surface area (Å²) in [6.45, 7) is 6.11. The Hall–Kier alpha value is -2.30. The van der Waals surface area contributed by atoms with E-state index in [2.05, 4.69) is 32.5 Å². The number of carbonyl (C=O) groups is 1. The van der Waals surface area contributed by atoms with Crippen molar-refractivity contribution in [3.8, 4) is 0 Å². The lowest BCUT2D eigenvalue weighted by Gasteiger charge is -2.17. The summed E-state index contributed by atoms with van der Waals surface area (Å²) in [5.41, 5.74) is 4.89. The number of nitrogens with zero attached hydrogens (tertiary/aromatic N) is 2. The third kappa shape index (κ3) is 3.13. The third-order valence-electron chi connectivity index (χ3n) is 4.24. The topological polar surface area (TPSA) is 61.0 Å². The molecule has 1 aliphatic heterocycles. The van der Waals surface area contributed by atoms with Crippen LogP contribution in [0, 0.1) is 13.8 Å². The van der Waals surface area contributed by atoms with E-state index in [1.54, 1.807) is 0 Å². The number of rotatable bonds is 4. The van der Waals surface area contributed by atoms with Gasteiger partial charge in [0.2, 0.25) is 5.91 Å². The number of hydrogen-bond acceptors (Lipinski definition) is 3. The van der Waals surface area contributed by atoms with E-state index in [1.165, 1.54) is 18.5 Å². The fourth-order valence-corrected chi connectivity index (χ4v) is 2.93. The zero-order chi connectivity index (χ0) is 15.5. The molecule has 2 aromatic rings. The van der Waals surface area contributed by atoms with Gasteiger partial charge in [-0.05, 0) is 51.0 Å². The predicted molar refractivity (Wildman–Crippen MR) is 88.3 cm³/mol. The lowest BCUT2D eigenvalue weighted by molar-refractivity contribution is -0.115. The molecular weight excluding hydrogens is 276 g/mol. The molecule has 0 saturated carbocycles. The fourth-order valence-electron chi connectivity index (χ4n) is 2.93. The van der Waals surface area contributed by atoms with Crippen LogP contribution < -0.4 is 10.2 Å². The van der Waals surface area contributed by atoms with E-state index in [0.29, 0.717) is 6.42 Å². The summed E-state index contributed by atoms with van der Waals surface area (Å²) in [6, 6.07) is 8.10. The predicted octanol–water partition coefficient (Wildman–Crippen LogP) is 2.81. The Morgan fingerprint density at radius 1 is 1.23 bits per heavy atom. The molecule has 3 rings (SSSR count). The third-order valence-corrected chi connectivity index (χ3v) is 4.24. The van der Waals surface area contributed by atoms with Crippen molar-refractivity contribution in [3.05, 3.63) is 41.2 Å². The molecule has 22 heavy (non-hydrogen) atoms. The van der Waals surface area contributed by atoms with E-state index in [0.717, 1.165) is 35.7 Å². The lowest BCUT2D eigenvalue weighted by Crippen LogP contribution is -2.18. The van der Waals surface area contributed by atoms with Gasteiger partial charge in [-0.25, -0.2) is 0 Å². The van der Waals surface area contributed by atoms with Crippen LogP contribution in [0.25, 0.3) is 0 Å². The van der Waals surface area contributed by atoms with Gasteiger partial charge in [0, 0.05) is 35.7 Å². The molecule has 1 saturated heterocycles. The Bertz CT molecular complexity index is 634. The van der Waals surface area contributed by atoms with Crippen molar-refractivity contribution in [3.63, 3.8) is 0 Å². The van der Waals surface area contributed by atoms with Gasteiger partial charge in [-0.3, -0.25) is 9.89 Å². The second kappa shape index (κ2) is 6.22. The van der Waals surface area contributed by atoms with Crippen LogP contribution >= 0.6 is 0 Å². The largest absolute Gasteiger partial charge is 0.372 e. The zero-order valence-electron chi connectivity index (χ0n) is 13.1. The van der Waals surface area contributed by atoms with Gasteiger partial charge < -0.3 is 10.2 Å². The molecule has 2 heterocycles. The first-order valence-corrected chi connectivity index (χ1v) is 7.79. The quantitative estimate of drug-likeness (QED) is 0.912. The highest BCUT2D eigenvalue weighted by atomic mass is 16.1. The van der Waals surface area contributed by atoms with E-state index in [4.69, 9.17) is 0 Å². The normalized spacial score (nSPS) is 14.4. The smallest absolute Gasteiger partial charge is 0.228 e. The van der Waals surface area contributed by atoms with Crippen LogP contribution in [-0.2, 0) is 11.2 Å². The number of carbonyl (C=O) groups excluding carboxylic acids is 1. The molecule has 0 atom stereocenters. The van der Waals surface area contributed by atoms with Gasteiger partial charge in [0.1, 0.15) is 0 Å². The van der Waals surface area contributed by atoms with Crippen molar-refractivity contribution in [1.29, 1.82) is 0 Å². The Kier molecular flexibility index (Phi) is 4.13. The maximum absolute atomic E-state index is 12.2. The molecule has 1 aromatic heterocycles. The molecule has 1 amide bonds. The van der Waals surface area contributed by atoms with Gasteiger partial charge >= 0.3 is 0 Å². The first-order chi connectivity index (χ1) is 10.6. The highest BCUT2D eigenvalue weighted by Crippen LogP contribution is 2.22. The van der Waals surface area contributed by atoms with Gasteiger partial charge in [-0.2, -0.15) is 5.10 Å².